The molecule has 26 heavy (non-hydrogen) atoms. The summed E-state index contributed by atoms with van der Waals surface area (Å²) >= 11 is 5.77. The molecule has 138 valence electrons. The molecule has 2 rings (SSSR count). The summed E-state index contributed by atoms with van der Waals surface area (Å²) in [5, 5.41) is 3.19. The van der Waals surface area contributed by atoms with Crippen molar-refractivity contribution in [1.29, 1.82) is 0 Å². The number of hydrogen-bond donors (Lipinski definition) is 1. The lowest BCUT2D eigenvalue weighted by Gasteiger charge is -2.21. The zero-order valence-electron chi connectivity index (χ0n) is 13.8. The zero-order valence-corrected chi connectivity index (χ0v) is 14.6. The van der Waals surface area contributed by atoms with E-state index in [-0.39, 0.29) is 24.8 Å². The molecule has 0 heterocycles. The number of nitrogens with zero attached hydrogens (tertiary/aromatic N) is 1. The van der Waals surface area contributed by atoms with Gasteiger partial charge in [0.15, 0.2) is 0 Å². The van der Waals surface area contributed by atoms with Crippen LogP contribution in [0.4, 0.5) is 24.5 Å². The maximum Gasteiger partial charge on any atom is 0.416 e. The van der Waals surface area contributed by atoms with Gasteiger partial charge in [0.25, 0.3) is 0 Å². The number of rotatable bonds is 5. The molecule has 0 saturated carbocycles. The summed E-state index contributed by atoms with van der Waals surface area (Å²) in [4.78, 5) is 25.1. The van der Waals surface area contributed by atoms with Crippen LogP contribution in [0.5, 0.6) is 0 Å². The molecule has 0 aliphatic rings. The van der Waals surface area contributed by atoms with Crippen LogP contribution in [0.1, 0.15) is 18.9 Å². The van der Waals surface area contributed by atoms with E-state index in [1.807, 2.05) is 0 Å². The topological polar surface area (TPSA) is 49.4 Å². The highest BCUT2D eigenvalue weighted by atomic mass is 35.5. The number of halogens is 4. The Labute approximate surface area is 153 Å². The maximum atomic E-state index is 12.6. The monoisotopic (exact) mass is 384 g/mol. The van der Waals surface area contributed by atoms with Crippen LogP contribution in [-0.4, -0.2) is 18.4 Å². The SMILES string of the molecule is CC(=O)N(CCC(=O)Nc1ccc(Cl)cc1)c1ccc(C(F)(F)F)cc1. The van der Waals surface area contributed by atoms with Crippen molar-refractivity contribution >= 4 is 34.8 Å². The number of amides is 2. The molecule has 0 radical (unpaired) electrons. The van der Waals surface area contributed by atoms with E-state index in [4.69, 9.17) is 11.6 Å². The molecule has 0 aliphatic heterocycles. The van der Waals surface area contributed by atoms with Gasteiger partial charge in [-0.2, -0.15) is 13.2 Å². The van der Waals surface area contributed by atoms with Crippen LogP contribution in [0.15, 0.2) is 48.5 Å². The normalized spacial score (nSPS) is 11.1. The van der Waals surface area contributed by atoms with Gasteiger partial charge >= 0.3 is 6.18 Å². The molecule has 1 N–H and O–H groups in total. The van der Waals surface area contributed by atoms with Crippen LogP contribution in [0.25, 0.3) is 0 Å². The van der Waals surface area contributed by atoms with Crippen LogP contribution < -0.4 is 10.2 Å². The Kier molecular flexibility index (Phi) is 6.26. The van der Waals surface area contributed by atoms with E-state index in [1.54, 1.807) is 24.3 Å². The first-order chi connectivity index (χ1) is 12.2. The van der Waals surface area contributed by atoms with Crippen LogP contribution in [-0.2, 0) is 15.8 Å². The number of nitrogens with one attached hydrogen (secondary N) is 1. The van der Waals surface area contributed by atoms with Crippen molar-refractivity contribution in [3.05, 3.63) is 59.1 Å². The van der Waals surface area contributed by atoms with E-state index in [0.29, 0.717) is 16.4 Å². The lowest BCUT2D eigenvalue weighted by Crippen LogP contribution is -2.32. The summed E-state index contributed by atoms with van der Waals surface area (Å²) in [6.45, 7) is 1.33. The van der Waals surface area contributed by atoms with Crippen molar-refractivity contribution in [2.45, 2.75) is 19.5 Å². The molecule has 0 aliphatic carbocycles. The fourth-order valence-electron chi connectivity index (χ4n) is 2.27. The Morgan fingerprint density at radius 1 is 1.04 bits per heavy atom. The Hall–Kier alpha value is -2.54. The molecule has 0 atom stereocenters. The first-order valence-electron chi connectivity index (χ1n) is 7.67. The first-order valence-corrected chi connectivity index (χ1v) is 8.05. The molecule has 0 fully saturated rings. The molecule has 0 unspecified atom stereocenters. The summed E-state index contributed by atoms with van der Waals surface area (Å²) in [5.74, 6) is -0.700. The quantitative estimate of drug-likeness (QED) is 0.809. The summed E-state index contributed by atoms with van der Waals surface area (Å²) in [6, 6.07) is 10.8. The number of hydrogen-bond acceptors (Lipinski definition) is 2. The summed E-state index contributed by atoms with van der Waals surface area (Å²) in [7, 11) is 0. The van der Waals surface area contributed by atoms with Crippen molar-refractivity contribution in [3.8, 4) is 0 Å². The number of carbonyl (C=O) groups excluding carboxylic acids is 2. The molecule has 0 spiro atoms. The van der Waals surface area contributed by atoms with E-state index < -0.39 is 11.7 Å². The minimum Gasteiger partial charge on any atom is -0.326 e. The summed E-state index contributed by atoms with van der Waals surface area (Å²) in [6.07, 6.45) is -4.46. The van der Waals surface area contributed by atoms with Gasteiger partial charge in [-0.1, -0.05) is 11.6 Å². The first kappa shape index (κ1) is 19.8. The third kappa shape index (κ3) is 5.49. The van der Waals surface area contributed by atoms with Crippen molar-refractivity contribution in [2.75, 3.05) is 16.8 Å². The lowest BCUT2D eigenvalue weighted by molar-refractivity contribution is -0.137. The maximum absolute atomic E-state index is 12.6. The highest BCUT2D eigenvalue weighted by Gasteiger charge is 2.30. The molecule has 8 heteroatoms. The second-order valence-corrected chi connectivity index (χ2v) is 5.96. The Morgan fingerprint density at radius 2 is 1.62 bits per heavy atom. The molecule has 4 nitrogen and oxygen atoms in total. The highest BCUT2D eigenvalue weighted by molar-refractivity contribution is 6.30. The van der Waals surface area contributed by atoms with Gasteiger partial charge in [-0.3, -0.25) is 9.59 Å². The van der Waals surface area contributed by atoms with E-state index in [2.05, 4.69) is 5.32 Å². The van der Waals surface area contributed by atoms with Gasteiger partial charge in [0.05, 0.1) is 5.56 Å². The van der Waals surface area contributed by atoms with Gasteiger partial charge in [-0.25, -0.2) is 0 Å². The molecule has 0 bridgehead atoms. The molecule has 2 amide bonds. The average Bonchev–Trinajstić information content (AvgIpc) is 2.56. The molecule has 0 saturated heterocycles. The highest BCUT2D eigenvalue weighted by Crippen LogP contribution is 2.30. The Morgan fingerprint density at radius 3 is 2.12 bits per heavy atom. The molecular formula is C18H16ClF3N2O2. The van der Waals surface area contributed by atoms with Gasteiger partial charge < -0.3 is 10.2 Å². The third-order valence-corrected chi connectivity index (χ3v) is 3.83. The van der Waals surface area contributed by atoms with E-state index in [1.165, 1.54) is 24.0 Å². The second kappa shape index (κ2) is 8.23. The van der Waals surface area contributed by atoms with Gasteiger partial charge in [0.2, 0.25) is 11.8 Å². The van der Waals surface area contributed by atoms with Gasteiger partial charge in [-0.05, 0) is 48.5 Å². The second-order valence-electron chi connectivity index (χ2n) is 5.52. The van der Waals surface area contributed by atoms with Crippen molar-refractivity contribution in [2.24, 2.45) is 0 Å². The fraction of sp³-hybridized carbons (Fsp3) is 0.222. The van der Waals surface area contributed by atoms with Crippen LogP contribution >= 0.6 is 11.6 Å². The number of benzene rings is 2. The largest absolute Gasteiger partial charge is 0.416 e. The van der Waals surface area contributed by atoms with Gasteiger partial charge in [-0.15, -0.1) is 0 Å². The van der Waals surface area contributed by atoms with Gasteiger partial charge in [0.1, 0.15) is 0 Å². The minimum absolute atomic E-state index is 0.0107. The summed E-state index contributed by atoms with van der Waals surface area (Å²) in [5.41, 5.74) is 0.0540. The standard InChI is InChI=1S/C18H16ClF3N2O2/c1-12(25)24(16-8-2-13(3-9-16)18(20,21)22)11-10-17(26)23-15-6-4-14(19)5-7-15/h2-9H,10-11H2,1H3,(H,23,26). The van der Waals surface area contributed by atoms with Gasteiger partial charge in [0, 0.05) is 36.3 Å². The molecule has 0 aromatic heterocycles. The Balaban J connectivity index is 2.00. The fourth-order valence-corrected chi connectivity index (χ4v) is 2.39. The van der Waals surface area contributed by atoms with E-state index in [0.717, 1.165) is 12.1 Å². The number of anilines is 2. The molecular weight excluding hydrogens is 369 g/mol. The van der Waals surface area contributed by atoms with Crippen LogP contribution in [0.2, 0.25) is 5.02 Å². The van der Waals surface area contributed by atoms with E-state index in [9.17, 15) is 22.8 Å². The molecule has 2 aromatic carbocycles. The molecule has 2 aromatic rings. The average molecular weight is 385 g/mol. The van der Waals surface area contributed by atoms with Crippen molar-refractivity contribution in [3.63, 3.8) is 0 Å². The third-order valence-electron chi connectivity index (χ3n) is 3.58. The lowest BCUT2D eigenvalue weighted by atomic mass is 10.2. The number of alkyl halides is 3. The Bertz CT molecular complexity index is 775. The van der Waals surface area contributed by atoms with Crippen molar-refractivity contribution in [1.82, 2.24) is 0 Å². The van der Waals surface area contributed by atoms with Crippen LogP contribution in [0.3, 0.4) is 0 Å². The smallest absolute Gasteiger partial charge is 0.326 e. The predicted molar refractivity (Wildman–Crippen MR) is 94.2 cm³/mol. The van der Waals surface area contributed by atoms with Crippen molar-refractivity contribution < 1.29 is 22.8 Å². The predicted octanol–water partition coefficient (Wildman–Crippen LogP) is 4.74. The van der Waals surface area contributed by atoms with E-state index >= 15 is 0 Å². The zero-order chi connectivity index (χ0) is 19.3. The van der Waals surface area contributed by atoms with Crippen LogP contribution in [0, 0.1) is 0 Å². The minimum atomic E-state index is -4.45. The number of carbonyl (C=O) groups is 2. The summed E-state index contributed by atoms with van der Waals surface area (Å²) < 4.78 is 37.9.